The van der Waals surface area contributed by atoms with Crippen molar-refractivity contribution in [3.05, 3.63) is 29.8 Å². The van der Waals surface area contributed by atoms with Crippen LogP contribution in [-0.4, -0.2) is 74.7 Å². The number of para-hydroxylation sites is 1. The first-order valence-corrected chi connectivity index (χ1v) is 8.90. The van der Waals surface area contributed by atoms with Crippen LogP contribution in [0.3, 0.4) is 0 Å². The van der Waals surface area contributed by atoms with Gasteiger partial charge in [0.05, 0.1) is 13.7 Å². The third-order valence-corrected chi connectivity index (χ3v) is 4.84. The molecule has 3 saturated heterocycles. The van der Waals surface area contributed by atoms with Crippen LogP contribution in [0.4, 0.5) is 0 Å². The lowest BCUT2D eigenvalue weighted by molar-refractivity contribution is 0.0154. The third-order valence-electron chi connectivity index (χ3n) is 4.84. The number of hydrogen-bond acceptors (Lipinski definition) is 4. The Bertz CT molecular complexity index is 560. The number of benzene rings is 1. The molecule has 0 aromatic heterocycles. The predicted octanol–water partition coefficient (Wildman–Crippen LogP) is 1.37. The van der Waals surface area contributed by atoms with Crippen molar-refractivity contribution in [1.29, 1.82) is 0 Å². The molecule has 3 aliphatic rings. The fourth-order valence-corrected chi connectivity index (χ4v) is 3.47. The molecule has 0 amide bonds. The summed E-state index contributed by atoms with van der Waals surface area (Å²) in [6.07, 6.45) is 0. The number of hydrogen-bond donors (Lipinski definition) is 2. The normalized spacial score (nSPS) is 25.2. The number of guanidine groups is 1. The Labute approximate surface area is 168 Å². The smallest absolute Gasteiger partial charge is 0.191 e. The SMILES string of the molecule is CCNC(=NCc1ccccc1OC)NCC1CN2CCN1CC2.I. The Balaban J connectivity index is 0.00000225. The molecule has 0 aliphatic carbocycles. The van der Waals surface area contributed by atoms with E-state index in [-0.39, 0.29) is 24.0 Å². The van der Waals surface area contributed by atoms with Crippen LogP contribution in [-0.2, 0) is 6.54 Å². The van der Waals surface area contributed by atoms with Gasteiger partial charge in [-0.2, -0.15) is 0 Å². The van der Waals surface area contributed by atoms with E-state index >= 15 is 0 Å². The second-order valence-electron chi connectivity index (χ2n) is 6.38. The minimum Gasteiger partial charge on any atom is -0.496 e. The molecular weight excluding hydrogens is 429 g/mol. The maximum Gasteiger partial charge on any atom is 0.191 e. The molecule has 0 radical (unpaired) electrons. The number of halogens is 1. The number of ether oxygens (including phenoxy) is 1. The first kappa shape index (κ1) is 20.3. The molecule has 4 rings (SSSR count). The van der Waals surface area contributed by atoms with E-state index in [0.717, 1.165) is 30.4 Å². The van der Waals surface area contributed by atoms with Crippen molar-refractivity contribution in [2.45, 2.75) is 19.5 Å². The Hall–Kier alpha value is -1.06. The molecule has 0 spiro atoms. The fraction of sp³-hybridized carbons (Fsp3) is 0.611. The van der Waals surface area contributed by atoms with Crippen molar-refractivity contribution in [3.8, 4) is 5.75 Å². The highest BCUT2D eigenvalue weighted by molar-refractivity contribution is 14.0. The summed E-state index contributed by atoms with van der Waals surface area (Å²) < 4.78 is 5.40. The van der Waals surface area contributed by atoms with E-state index in [4.69, 9.17) is 9.73 Å². The minimum atomic E-state index is 0. The molecule has 1 aromatic carbocycles. The van der Waals surface area contributed by atoms with Crippen molar-refractivity contribution < 1.29 is 4.74 Å². The van der Waals surface area contributed by atoms with Gasteiger partial charge in [-0.3, -0.25) is 9.80 Å². The number of nitrogens with one attached hydrogen (secondary N) is 2. The second-order valence-corrected chi connectivity index (χ2v) is 6.38. The molecule has 1 atom stereocenters. The summed E-state index contributed by atoms with van der Waals surface area (Å²) in [4.78, 5) is 9.88. The zero-order valence-corrected chi connectivity index (χ0v) is 17.5. The van der Waals surface area contributed by atoms with Crippen LogP contribution >= 0.6 is 24.0 Å². The number of methoxy groups -OCH3 is 1. The van der Waals surface area contributed by atoms with Gasteiger partial charge in [-0.25, -0.2) is 4.99 Å². The van der Waals surface area contributed by atoms with Gasteiger partial charge in [0.1, 0.15) is 5.75 Å². The number of fused-ring (bicyclic) bond motifs is 3. The first-order valence-electron chi connectivity index (χ1n) is 8.90. The van der Waals surface area contributed by atoms with Gasteiger partial charge in [0.2, 0.25) is 0 Å². The van der Waals surface area contributed by atoms with Gasteiger partial charge >= 0.3 is 0 Å². The van der Waals surface area contributed by atoms with Crippen LogP contribution in [0.2, 0.25) is 0 Å². The maximum absolute atomic E-state index is 5.40. The lowest BCUT2D eigenvalue weighted by atomic mass is 10.1. The van der Waals surface area contributed by atoms with Crippen molar-refractivity contribution in [2.75, 3.05) is 52.9 Å². The first-order chi connectivity index (χ1) is 11.8. The van der Waals surface area contributed by atoms with E-state index in [1.807, 2.05) is 18.2 Å². The van der Waals surface area contributed by atoms with E-state index in [0.29, 0.717) is 12.6 Å². The Morgan fingerprint density at radius 2 is 1.96 bits per heavy atom. The Morgan fingerprint density at radius 3 is 2.60 bits per heavy atom. The van der Waals surface area contributed by atoms with Gasteiger partial charge in [-0.15, -0.1) is 24.0 Å². The lowest BCUT2D eigenvalue weighted by Gasteiger charge is -2.47. The minimum absolute atomic E-state index is 0. The largest absolute Gasteiger partial charge is 0.496 e. The van der Waals surface area contributed by atoms with E-state index in [9.17, 15) is 0 Å². The molecule has 2 N–H and O–H groups in total. The molecule has 140 valence electrons. The molecule has 1 unspecified atom stereocenters. The highest BCUT2D eigenvalue weighted by Gasteiger charge is 2.31. The van der Waals surface area contributed by atoms with E-state index in [2.05, 4.69) is 33.4 Å². The van der Waals surface area contributed by atoms with Gasteiger partial charge in [-0.05, 0) is 13.0 Å². The Morgan fingerprint density at radius 1 is 1.20 bits per heavy atom. The summed E-state index contributed by atoms with van der Waals surface area (Å²) in [7, 11) is 1.70. The van der Waals surface area contributed by atoms with Crippen molar-refractivity contribution >= 4 is 29.9 Å². The molecule has 1 aromatic rings. The van der Waals surface area contributed by atoms with E-state index < -0.39 is 0 Å². The van der Waals surface area contributed by atoms with Crippen LogP contribution in [0.1, 0.15) is 12.5 Å². The van der Waals surface area contributed by atoms with Crippen molar-refractivity contribution in [3.63, 3.8) is 0 Å². The monoisotopic (exact) mass is 459 g/mol. The maximum atomic E-state index is 5.40. The zero-order chi connectivity index (χ0) is 16.8. The lowest BCUT2D eigenvalue weighted by Crippen LogP contribution is -2.63. The Kier molecular flexibility index (Phi) is 8.25. The highest BCUT2D eigenvalue weighted by Crippen LogP contribution is 2.18. The summed E-state index contributed by atoms with van der Waals surface area (Å²) in [5, 5.41) is 6.85. The van der Waals surface area contributed by atoms with Gasteiger partial charge < -0.3 is 15.4 Å². The quantitative estimate of drug-likeness (QED) is 0.383. The summed E-state index contributed by atoms with van der Waals surface area (Å²) in [5.74, 6) is 1.77. The number of rotatable bonds is 6. The van der Waals surface area contributed by atoms with E-state index in [1.165, 1.54) is 32.7 Å². The van der Waals surface area contributed by atoms with Crippen molar-refractivity contribution in [1.82, 2.24) is 20.4 Å². The van der Waals surface area contributed by atoms with Gasteiger partial charge in [-0.1, -0.05) is 18.2 Å². The van der Waals surface area contributed by atoms with Gasteiger partial charge in [0.25, 0.3) is 0 Å². The predicted molar refractivity (Wildman–Crippen MR) is 113 cm³/mol. The summed E-state index contributed by atoms with van der Waals surface area (Å²) >= 11 is 0. The molecule has 7 heteroatoms. The molecule has 25 heavy (non-hydrogen) atoms. The van der Waals surface area contributed by atoms with Gasteiger partial charge in [0.15, 0.2) is 5.96 Å². The summed E-state index contributed by atoms with van der Waals surface area (Å²) in [6, 6.07) is 8.63. The molecule has 3 heterocycles. The van der Waals surface area contributed by atoms with Crippen LogP contribution in [0.25, 0.3) is 0 Å². The summed E-state index contributed by atoms with van der Waals surface area (Å²) in [6.45, 7) is 10.5. The molecular formula is C18H30IN5O. The number of aliphatic imine (C=N–C) groups is 1. The molecule has 0 saturated carbocycles. The highest BCUT2D eigenvalue weighted by atomic mass is 127. The van der Waals surface area contributed by atoms with E-state index in [1.54, 1.807) is 7.11 Å². The number of piperazine rings is 3. The standard InChI is InChI=1S/C18H29N5O.HI/c1-3-19-18(20-12-15-6-4-5-7-17(15)24-2)21-13-16-14-22-8-10-23(16)11-9-22;/h4-7,16H,3,8-14H2,1-2H3,(H2,19,20,21);1H. The average molecular weight is 459 g/mol. The average Bonchev–Trinajstić information content (AvgIpc) is 2.65. The second kappa shape index (κ2) is 10.2. The van der Waals surface area contributed by atoms with Crippen LogP contribution < -0.4 is 15.4 Å². The van der Waals surface area contributed by atoms with Crippen molar-refractivity contribution in [2.24, 2.45) is 4.99 Å². The fourth-order valence-electron chi connectivity index (χ4n) is 3.47. The zero-order valence-electron chi connectivity index (χ0n) is 15.2. The topological polar surface area (TPSA) is 52.1 Å². The van der Waals surface area contributed by atoms with Crippen LogP contribution in [0.15, 0.2) is 29.3 Å². The van der Waals surface area contributed by atoms with Crippen LogP contribution in [0.5, 0.6) is 5.75 Å². The molecule has 6 nitrogen and oxygen atoms in total. The third kappa shape index (κ3) is 5.46. The number of nitrogens with zero attached hydrogens (tertiary/aromatic N) is 3. The molecule has 3 aliphatic heterocycles. The summed E-state index contributed by atoms with van der Waals surface area (Å²) in [5.41, 5.74) is 1.10. The molecule has 2 bridgehead atoms. The molecule has 3 fully saturated rings. The van der Waals surface area contributed by atoms with Crippen LogP contribution in [0, 0.1) is 0 Å². The van der Waals surface area contributed by atoms with Gasteiger partial charge in [0, 0.05) is 57.4 Å².